The molecule has 0 aliphatic heterocycles. The summed E-state index contributed by atoms with van der Waals surface area (Å²) in [4.78, 5) is 38.4. The number of benzene rings is 2. The van der Waals surface area contributed by atoms with Gasteiger partial charge in [0.05, 0.1) is 48.2 Å². The molecular formula is C31H36F3IN2O9S. The average Bonchev–Trinajstić information content (AvgIpc) is 3.44. The average molecular weight is 797 g/mol. The molecule has 0 aromatic heterocycles. The first-order valence-electron chi connectivity index (χ1n) is 14.7. The van der Waals surface area contributed by atoms with E-state index in [4.69, 9.17) is 18.9 Å². The predicted molar refractivity (Wildman–Crippen MR) is 172 cm³/mol. The molecule has 47 heavy (non-hydrogen) atoms. The van der Waals surface area contributed by atoms with Crippen LogP contribution in [-0.4, -0.2) is 69.0 Å². The van der Waals surface area contributed by atoms with Gasteiger partial charge in [-0.2, -0.15) is 8.78 Å². The van der Waals surface area contributed by atoms with Crippen molar-refractivity contribution in [1.82, 2.24) is 5.32 Å². The molecule has 11 nitrogen and oxygen atoms in total. The maximum absolute atomic E-state index is 15.1. The molecule has 2 aromatic rings. The van der Waals surface area contributed by atoms with Crippen LogP contribution in [0.1, 0.15) is 55.8 Å². The van der Waals surface area contributed by atoms with E-state index in [1.807, 2.05) is 6.92 Å². The highest BCUT2D eigenvalue weighted by Crippen LogP contribution is 2.40. The molecule has 0 spiro atoms. The van der Waals surface area contributed by atoms with Gasteiger partial charge in [-0.3, -0.25) is 14.4 Å². The number of ether oxygens (including phenoxy) is 4. The van der Waals surface area contributed by atoms with Crippen molar-refractivity contribution in [2.75, 3.05) is 26.6 Å². The number of rotatable bonds is 11. The van der Waals surface area contributed by atoms with E-state index in [1.165, 1.54) is 39.5 Å². The number of alkyl halides is 3. The second kappa shape index (κ2) is 14.6. The summed E-state index contributed by atoms with van der Waals surface area (Å²) in [6.07, 6.45) is 1.49. The molecule has 2 aliphatic carbocycles. The van der Waals surface area contributed by atoms with E-state index in [0.717, 1.165) is 18.2 Å². The highest BCUT2D eigenvalue weighted by molar-refractivity contribution is 14.1. The number of esters is 1. The lowest BCUT2D eigenvalue weighted by Gasteiger charge is -2.35. The Kier molecular flexibility index (Phi) is 11.4. The van der Waals surface area contributed by atoms with Crippen LogP contribution in [0.15, 0.2) is 41.3 Å². The van der Waals surface area contributed by atoms with E-state index < -0.39 is 65.2 Å². The topological polar surface area (TPSA) is 146 Å². The summed E-state index contributed by atoms with van der Waals surface area (Å²) in [5, 5.41) is 5.36. The zero-order chi connectivity index (χ0) is 34.7. The molecule has 2 N–H and O–H groups in total. The summed E-state index contributed by atoms with van der Waals surface area (Å²) in [6, 6.07) is 6.00. The summed E-state index contributed by atoms with van der Waals surface area (Å²) in [5.74, 6) is -3.44. The minimum atomic E-state index is -5.00. The van der Waals surface area contributed by atoms with Gasteiger partial charge >= 0.3 is 9.23 Å². The monoisotopic (exact) mass is 796 g/mol. The first-order valence-corrected chi connectivity index (χ1v) is 17.3. The summed E-state index contributed by atoms with van der Waals surface area (Å²) < 4.78 is 84.4. The molecule has 258 valence electrons. The Hall–Kier alpha value is -3.12. The van der Waals surface area contributed by atoms with Gasteiger partial charge in [0.2, 0.25) is 5.91 Å². The van der Waals surface area contributed by atoms with Gasteiger partial charge in [0.15, 0.2) is 11.6 Å². The largest absolute Gasteiger partial charge is 0.496 e. The maximum Gasteiger partial charge on any atom is 0.398 e. The fourth-order valence-electron chi connectivity index (χ4n) is 5.94. The second-order valence-corrected chi connectivity index (χ2v) is 15.9. The van der Waals surface area contributed by atoms with Gasteiger partial charge in [-0.15, -0.1) is 0 Å². The number of hydrogen-bond donors (Lipinski definition) is 2. The molecule has 0 saturated heterocycles. The fourth-order valence-corrected chi connectivity index (χ4v) is 7.51. The number of hydrogen-bond acceptors (Lipinski definition) is 9. The van der Waals surface area contributed by atoms with Crippen LogP contribution in [0.3, 0.4) is 0 Å². The third-order valence-corrected chi connectivity index (χ3v) is 12.0. The lowest BCUT2D eigenvalue weighted by molar-refractivity contribution is -0.154. The molecule has 2 saturated carbocycles. The number of anilines is 1. The summed E-state index contributed by atoms with van der Waals surface area (Å²) in [7, 11) is -0.942. The summed E-state index contributed by atoms with van der Waals surface area (Å²) in [5.41, 5.74) is -0.733. The third kappa shape index (κ3) is 8.13. The zero-order valence-electron chi connectivity index (χ0n) is 26.1. The molecule has 16 heteroatoms. The van der Waals surface area contributed by atoms with Gasteiger partial charge in [-0.05, 0) is 69.7 Å². The molecule has 4 rings (SSSR count). The molecule has 2 aliphatic rings. The highest BCUT2D eigenvalue weighted by Gasteiger charge is 2.44. The van der Waals surface area contributed by atoms with Crippen LogP contribution in [0.4, 0.5) is 18.9 Å². The van der Waals surface area contributed by atoms with Gasteiger partial charge in [-0.1, -0.05) is 6.07 Å². The van der Waals surface area contributed by atoms with E-state index in [-0.39, 0.29) is 41.6 Å². The number of methoxy groups -OCH3 is 3. The predicted octanol–water partition coefficient (Wildman–Crippen LogP) is 5.26. The standard InChI is InChI=1S/C31H36F3IN2O9S/c1-30(29(40)45-4)10-8-18(9-11-30)46-26-15-22(25(44-3)16-23(26)32)28(39)37-24-14-19(43-2)13-21(24)27(38)36-17-6-5-7-20(12-17)47(41,42)31(33,34)35/h5-7,12,15-16,18-19,21,24H,8-11,13-14H2,1-4H3,(H,36,38)(H,37,39)/t18?,19-,21-,24+,30?/m0/s1. The Morgan fingerprint density at radius 2 is 1.68 bits per heavy atom. The van der Waals surface area contributed by atoms with Crippen molar-refractivity contribution in [2.24, 2.45) is 11.3 Å². The van der Waals surface area contributed by atoms with Crippen LogP contribution in [0.5, 0.6) is 11.5 Å². The van der Waals surface area contributed by atoms with E-state index in [1.54, 1.807) is 0 Å². The molecule has 0 heterocycles. The van der Waals surface area contributed by atoms with Crippen molar-refractivity contribution in [3.05, 3.63) is 47.8 Å². The van der Waals surface area contributed by atoms with Crippen LogP contribution < -0.4 is 20.1 Å². The number of nitrogens with one attached hydrogen (secondary N) is 2. The van der Waals surface area contributed by atoms with Crippen LogP contribution in [0, 0.1) is 17.2 Å². The molecule has 0 unspecified atom stereocenters. The van der Waals surface area contributed by atoms with Gasteiger partial charge in [0.25, 0.3) is 15.7 Å². The van der Waals surface area contributed by atoms with E-state index in [0.29, 0.717) is 48.3 Å². The Labute approximate surface area is 284 Å². The smallest absolute Gasteiger partial charge is 0.398 e. The summed E-state index contributed by atoms with van der Waals surface area (Å²) >= 11 is 0.527. The Morgan fingerprint density at radius 3 is 2.28 bits per heavy atom. The Morgan fingerprint density at radius 1 is 1.00 bits per heavy atom. The van der Waals surface area contributed by atoms with Crippen molar-refractivity contribution in [3.8, 4) is 11.5 Å². The van der Waals surface area contributed by atoms with Crippen LogP contribution in [0.2, 0.25) is 0 Å². The minimum absolute atomic E-state index is 0.0284. The zero-order valence-corrected chi connectivity index (χ0v) is 29.1. The fraction of sp³-hybridized carbons (Fsp3) is 0.516. The molecule has 2 fully saturated rings. The first-order chi connectivity index (χ1) is 22.0. The Bertz CT molecular complexity index is 1610. The van der Waals surface area contributed by atoms with Gasteiger partial charge in [-0.25, -0.2) is 12.8 Å². The van der Waals surface area contributed by atoms with Gasteiger partial charge < -0.3 is 29.6 Å². The lowest BCUT2D eigenvalue weighted by atomic mass is 9.75. The van der Waals surface area contributed by atoms with E-state index >= 15 is 4.39 Å². The molecule has 0 bridgehead atoms. The maximum atomic E-state index is 15.1. The van der Waals surface area contributed by atoms with Crippen LogP contribution >= 0.6 is 22.6 Å². The molecule has 3 atom stereocenters. The van der Waals surface area contributed by atoms with Crippen molar-refractivity contribution < 1.29 is 54.9 Å². The van der Waals surface area contributed by atoms with Gasteiger partial charge in [0, 0.05) is 47.5 Å². The number of carbonyl (C=O) groups excluding carboxylic acids is 3. The van der Waals surface area contributed by atoms with E-state index in [2.05, 4.69) is 10.6 Å². The molecular weight excluding hydrogens is 760 g/mol. The number of sulfone groups is 1. The van der Waals surface area contributed by atoms with Crippen molar-refractivity contribution >= 4 is 55.9 Å². The quantitative estimate of drug-likeness (QED) is 0.177. The van der Waals surface area contributed by atoms with Gasteiger partial charge in [0.1, 0.15) is 5.75 Å². The number of amides is 2. The van der Waals surface area contributed by atoms with Crippen molar-refractivity contribution in [3.63, 3.8) is 0 Å². The second-order valence-electron chi connectivity index (χ2n) is 11.8. The third-order valence-electron chi connectivity index (χ3n) is 8.73. The van der Waals surface area contributed by atoms with E-state index in [9.17, 15) is 31.6 Å². The SMILES string of the molecule is COC(=O)C1(C)CCC(Oc2cc(C(=O)N[C@@H]3C[C@@H](OC)C[C@@H]3C(=O)Nc3cccc(S(=O)(=O)C(F)(F)I)c3)c(OC)cc2F)CC1. The molecule has 2 amide bonds. The molecule has 2 aromatic carbocycles. The van der Waals surface area contributed by atoms with Crippen molar-refractivity contribution in [2.45, 2.75) is 71.9 Å². The van der Waals surface area contributed by atoms with Crippen LogP contribution in [-0.2, 0) is 28.9 Å². The highest BCUT2D eigenvalue weighted by atomic mass is 127. The first kappa shape index (κ1) is 36.7. The van der Waals surface area contributed by atoms with Crippen LogP contribution in [0.25, 0.3) is 0 Å². The minimum Gasteiger partial charge on any atom is -0.496 e. The van der Waals surface area contributed by atoms with Crippen molar-refractivity contribution in [1.29, 1.82) is 0 Å². The Balaban J connectivity index is 1.50. The summed E-state index contributed by atoms with van der Waals surface area (Å²) in [6.45, 7) is 1.81. The number of carbonyl (C=O) groups is 3. The number of halogens is 4. The lowest BCUT2D eigenvalue weighted by Crippen LogP contribution is -2.42. The normalized spacial score (nSPS) is 24.7. The molecule has 0 radical (unpaired) electrons.